The van der Waals surface area contributed by atoms with Crippen LogP contribution in [0.2, 0.25) is 0 Å². The van der Waals surface area contributed by atoms with Gasteiger partial charge in [0.25, 0.3) is 0 Å². The molecule has 5 nitrogen and oxygen atoms in total. The van der Waals surface area contributed by atoms with Gasteiger partial charge in [-0.3, -0.25) is 4.79 Å². The molecule has 0 saturated carbocycles. The van der Waals surface area contributed by atoms with E-state index in [1.54, 1.807) is 12.1 Å². The first kappa shape index (κ1) is 16.1. The molecule has 0 fully saturated rings. The second kappa shape index (κ2) is 5.60. The Bertz CT molecular complexity index is 596. The lowest BCUT2D eigenvalue weighted by atomic mass is 10.0. The van der Waals surface area contributed by atoms with Crippen molar-refractivity contribution in [2.75, 3.05) is 0 Å². The van der Waals surface area contributed by atoms with Gasteiger partial charge >= 0.3 is 5.97 Å². The van der Waals surface area contributed by atoms with Gasteiger partial charge in [-0.1, -0.05) is 6.07 Å². The Hall–Kier alpha value is -0.920. The van der Waals surface area contributed by atoms with Crippen LogP contribution in [0.3, 0.4) is 0 Å². The van der Waals surface area contributed by atoms with Gasteiger partial charge in [-0.25, -0.2) is 13.1 Å². The van der Waals surface area contributed by atoms with Crippen LogP contribution in [0.15, 0.2) is 27.6 Å². The van der Waals surface area contributed by atoms with E-state index < -0.39 is 21.5 Å². The monoisotopic (exact) mass is 349 g/mol. The molecule has 0 aliphatic rings. The molecule has 1 aromatic rings. The van der Waals surface area contributed by atoms with Crippen molar-refractivity contribution in [1.29, 1.82) is 0 Å². The minimum Gasteiger partial charge on any atom is -0.481 e. The standard InChI is InChI=1S/C12H16BrNO4S/c1-8-4-5-10(9(13)6-8)19(17,18)14-12(2,3)7-11(15)16/h4-6,14H,7H2,1-3H3,(H,15,16). The van der Waals surface area contributed by atoms with E-state index in [-0.39, 0.29) is 11.3 Å². The summed E-state index contributed by atoms with van der Waals surface area (Å²) < 4.78 is 27.3. The summed E-state index contributed by atoms with van der Waals surface area (Å²) in [5.41, 5.74) is -0.134. The zero-order chi connectivity index (χ0) is 14.8. The Labute approximate surface area is 121 Å². The largest absolute Gasteiger partial charge is 0.481 e. The summed E-state index contributed by atoms with van der Waals surface area (Å²) in [6.07, 6.45) is -0.296. The Morgan fingerprint density at radius 1 is 1.42 bits per heavy atom. The van der Waals surface area contributed by atoms with Gasteiger partial charge in [-0.05, 0) is 54.4 Å². The molecule has 1 aromatic carbocycles. The number of carbonyl (C=O) groups is 1. The van der Waals surface area contributed by atoms with Gasteiger partial charge < -0.3 is 5.11 Å². The van der Waals surface area contributed by atoms with E-state index in [2.05, 4.69) is 20.7 Å². The van der Waals surface area contributed by atoms with Gasteiger partial charge in [-0.15, -0.1) is 0 Å². The lowest BCUT2D eigenvalue weighted by Gasteiger charge is -2.24. The SMILES string of the molecule is Cc1ccc(S(=O)(=O)NC(C)(C)CC(=O)O)c(Br)c1. The number of hydrogen-bond donors (Lipinski definition) is 2. The summed E-state index contributed by atoms with van der Waals surface area (Å²) >= 11 is 3.21. The lowest BCUT2D eigenvalue weighted by Crippen LogP contribution is -2.44. The number of benzene rings is 1. The van der Waals surface area contributed by atoms with Crippen LogP contribution in [0, 0.1) is 6.92 Å². The number of carboxylic acid groups (broad SMARTS) is 1. The number of halogens is 1. The van der Waals surface area contributed by atoms with Gasteiger partial charge in [0.15, 0.2) is 0 Å². The summed E-state index contributed by atoms with van der Waals surface area (Å²) in [5.74, 6) is -1.06. The molecule has 0 amide bonds. The van der Waals surface area contributed by atoms with E-state index in [9.17, 15) is 13.2 Å². The minimum absolute atomic E-state index is 0.0940. The second-order valence-electron chi connectivity index (χ2n) is 4.99. The molecule has 0 unspecified atom stereocenters. The average Bonchev–Trinajstić information content (AvgIpc) is 2.11. The smallest absolute Gasteiger partial charge is 0.305 e. The molecule has 7 heteroatoms. The van der Waals surface area contributed by atoms with Crippen LogP contribution in [-0.4, -0.2) is 25.0 Å². The van der Waals surface area contributed by atoms with Crippen molar-refractivity contribution in [3.05, 3.63) is 28.2 Å². The van der Waals surface area contributed by atoms with Gasteiger partial charge in [0.05, 0.1) is 11.3 Å². The Balaban J connectivity index is 3.08. The highest BCUT2D eigenvalue weighted by atomic mass is 79.9. The molecule has 0 aromatic heterocycles. The molecule has 19 heavy (non-hydrogen) atoms. The second-order valence-corrected chi connectivity index (χ2v) is 7.50. The first-order chi connectivity index (χ1) is 8.53. The maximum atomic E-state index is 12.2. The maximum Gasteiger partial charge on any atom is 0.305 e. The quantitative estimate of drug-likeness (QED) is 0.854. The number of rotatable bonds is 5. The molecule has 0 bridgehead atoms. The molecule has 0 aliphatic carbocycles. The molecular formula is C12H16BrNO4S. The third-order valence-electron chi connectivity index (χ3n) is 2.38. The molecule has 2 N–H and O–H groups in total. The van der Waals surface area contributed by atoms with Crippen molar-refractivity contribution in [3.63, 3.8) is 0 Å². The van der Waals surface area contributed by atoms with Gasteiger partial charge in [0.1, 0.15) is 0 Å². The van der Waals surface area contributed by atoms with Crippen LogP contribution < -0.4 is 4.72 Å². The fourth-order valence-electron chi connectivity index (χ4n) is 1.66. The molecule has 0 spiro atoms. The summed E-state index contributed by atoms with van der Waals surface area (Å²) in [6, 6.07) is 4.86. The van der Waals surface area contributed by atoms with Crippen molar-refractivity contribution < 1.29 is 18.3 Å². The Morgan fingerprint density at radius 2 is 2.00 bits per heavy atom. The number of aryl methyl sites for hydroxylation is 1. The Kier molecular flexibility index (Phi) is 4.76. The molecule has 106 valence electrons. The van der Waals surface area contributed by atoms with Gasteiger partial charge in [-0.2, -0.15) is 0 Å². The molecule has 0 heterocycles. The van der Waals surface area contributed by atoms with Crippen molar-refractivity contribution in [2.45, 2.75) is 37.6 Å². The summed E-state index contributed by atoms with van der Waals surface area (Å²) in [5, 5.41) is 8.76. The first-order valence-electron chi connectivity index (χ1n) is 5.55. The summed E-state index contributed by atoms with van der Waals surface area (Å²) in [4.78, 5) is 10.8. The molecule has 0 aliphatic heterocycles. The first-order valence-corrected chi connectivity index (χ1v) is 7.83. The van der Waals surface area contributed by atoms with Crippen molar-refractivity contribution in [1.82, 2.24) is 4.72 Å². The van der Waals surface area contributed by atoms with Gasteiger partial charge in [0, 0.05) is 10.0 Å². The van der Waals surface area contributed by atoms with E-state index in [1.807, 2.05) is 6.92 Å². The van der Waals surface area contributed by atoms with Crippen molar-refractivity contribution in [3.8, 4) is 0 Å². The molecule has 0 atom stereocenters. The normalized spacial score (nSPS) is 12.4. The average molecular weight is 350 g/mol. The topological polar surface area (TPSA) is 83.5 Å². The zero-order valence-corrected chi connectivity index (χ0v) is 13.3. The van der Waals surface area contributed by atoms with Crippen LogP contribution in [0.25, 0.3) is 0 Å². The minimum atomic E-state index is -3.77. The van der Waals surface area contributed by atoms with Crippen LogP contribution in [0.4, 0.5) is 0 Å². The highest BCUT2D eigenvalue weighted by Crippen LogP contribution is 2.24. The number of aliphatic carboxylic acids is 1. The summed E-state index contributed by atoms with van der Waals surface area (Å²) in [6.45, 7) is 4.91. The number of sulfonamides is 1. The number of carboxylic acids is 1. The molecule has 1 rings (SSSR count). The van der Waals surface area contributed by atoms with Crippen LogP contribution >= 0.6 is 15.9 Å². The fourth-order valence-corrected chi connectivity index (χ4v) is 4.26. The molecule has 0 radical (unpaired) electrons. The number of hydrogen-bond acceptors (Lipinski definition) is 3. The third-order valence-corrected chi connectivity index (χ3v) is 5.06. The zero-order valence-electron chi connectivity index (χ0n) is 10.9. The van der Waals surface area contributed by atoms with Crippen LogP contribution in [0.5, 0.6) is 0 Å². The highest BCUT2D eigenvalue weighted by molar-refractivity contribution is 9.10. The van der Waals surface area contributed by atoms with E-state index in [0.717, 1.165) is 5.56 Å². The molecule has 0 saturated heterocycles. The van der Waals surface area contributed by atoms with E-state index >= 15 is 0 Å². The third kappa shape index (κ3) is 4.59. The van der Waals surface area contributed by atoms with E-state index in [0.29, 0.717) is 4.47 Å². The van der Waals surface area contributed by atoms with E-state index in [1.165, 1.54) is 19.9 Å². The Morgan fingerprint density at radius 3 is 2.47 bits per heavy atom. The summed E-state index contributed by atoms with van der Waals surface area (Å²) in [7, 11) is -3.77. The molecular weight excluding hydrogens is 334 g/mol. The van der Waals surface area contributed by atoms with Crippen molar-refractivity contribution >= 4 is 31.9 Å². The highest BCUT2D eigenvalue weighted by Gasteiger charge is 2.29. The van der Waals surface area contributed by atoms with Crippen LogP contribution in [0.1, 0.15) is 25.8 Å². The predicted octanol–water partition coefficient (Wildman–Crippen LogP) is 2.29. The predicted molar refractivity (Wildman–Crippen MR) is 75.5 cm³/mol. The maximum absolute atomic E-state index is 12.2. The number of nitrogens with one attached hydrogen (secondary N) is 1. The van der Waals surface area contributed by atoms with Crippen LogP contribution in [-0.2, 0) is 14.8 Å². The van der Waals surface area contributed by atoms with Gasteiger partial charge in [0.2, 0.25) is 10.0 Å². The fraction of sp³-hybridized carbons (Fsp3) is 0.417. The van der Waals surface area contributed by atoms with Crippen molar-refractivity contribution in [2.24, 2.45) is 0 Å². The van der Waals surface area contributed by atoms with E-state index in [4.69, 9.17) is 5.11 Å². The lowest BCUT2D eigenvalue weighted by molar-refractivity contribution is -0.138.